The fourth-order valence-electron chi connectivity index (χ4n) is 5.12. The summed E-state index contributed by atoms with van der Waals surface area (Å²) in [4.78, 5) is 40.5. The van der Waals surface area contributed by atoms with E-state index in [1.807, 2.05) is 12.1 Å². The van der Waals surface area contributed by atoms with Gasteiger partial charge in [-0.1, -0.05) is 29.8 Å². The highest BCUT2D eigenvalue weighted by Crippen LogP contribution is 2.44. The second-order valence-corrected chi connectivity index (χ2v) is 11.4. The van der Waals surface area contributed by atoms with Gasteiger partial charge in [0.1, 0.15) is 39.5 Å². The number of benzene rings is 2. The lowest BCUT2D eigenvalue weighted by atomic mass is 10.0. The number of amides is 2. The van der Waals surface area contributed by atoms with Crippen LogP contribution in [0.5, 0.6) is 11.5 Å². The van der Waals surface area contributed by atoms with Crippen molar-refractivity contribution >= 4 is 63.7 Å². The van der Waals surface area contributed by atoms with E-state index >= 15 is 0 Å². The van der Waals surface area contributed by atoms with Crippen LogP contribution in [0.3, 0.4) is 0 Å². The van der Waals surface area contributed by atoms with Gasteiger partial charge in [0.05, 0.1) is 19.9 Å². The molecule has 1 saturated carbocycles. The number of nitrogens with zero attached hydrogens (tertiary/aromatic N) is 5. The first-order valence-electron chi connectivity index (χ1n) is 14.2. The second-order valence-electron chi connectivity index (χ2n) is 10.6. The molecule has 232 valence electrons. The SMILES string of the molecule is C=CC(=O)Cc1cc(N2CCN(C3CC3)CC2)ccc1Nc1cc(N(C)C(=O)Nc2c(Cl)c(OC)cc(OC)c2Cl)ncn1. The molecular weight excluding hydrogens is 605 g/mol. The normalized spacial score (nSPS) is 15.0. The third-order valence-electron chi connectivity index (χ3n) is 7.79. The van der Waals surface area contributed by atoms with Crippen molar-refractivity contribution in [3.63, 3.8) is 0 Å². The van der Waals surface area contributed by atoms with Gasteiger partial charge < -0.3 is 25.0 Å². The van der Waals surface area contributed by atoms with Crippen molar-refractivity contribution in [2.24, 2.45) is 0 Å². The maximum Gasteiger partial charge on any atom is 0.327 e. The van der Waals surface area contributed by atoms with E-state index in [0.29, 0.717) is 11.6 Å². The van der Waals surface area contributed by atoms with Crippen molar-refractivity contribution in [3.05, 3.63) is 64.9 Å². The number of hydrogen-bond acceptors (Lipinski definition) is 9. The van der Waals surface area contributed by atoms with Crippen LogP contribution in [0.15, 0.2) is 49.3 Å². The Labute approximate surface area is 266 Å². The Hall–Kier alpha value is -4.06. The Morgan fingerprint density at radius 3 is 2.34 bits per heavy atom. The minimum absolute atomic E-state index is 0.0879. The molecule has 0 atom stereocenters. The van der Waals surface area contributed by atoms with Crippen molar-refractivity contribution in [2.75, 3.05) is 67.9 Å². The molecule has 0 unspecified atom stereocenters. The highest BCUT2D eigenvalue weighted by Gasteiger charge is 2.31. The van der Waals surface area contributed by atoms with E-state index in [0.717, 1.165) is 49.2 Å². The Bertz CT molecular complexity index is 1530. The molecule has 44 heavy (non-hydrogen) atoms. The van der Waals surface area contributed by atoms with Crippen LogP contribution >= 0.6 is 23.2 Å². The fraction of sp³-hybridized carbons (Fsp3) is 0.355. The molecule has 1 aliphatic carbocycles. The quantitative estimate of drug-likeness (QED) is 0.252. The van der Waals surface area contributed by atoms with Gasteiger partial charge in [-0.2, -0.15) is 0 Å². The minimum Gasteiger partial charge on any atom is -0.495 e. The van der Waals surface area contributed by atoms with Gasteiger partial charge in [-0.05, 0) is 42.7 Å². The topological polar surface area (TPSA) is 112 Å². The third kappa shape index (κ3) is 7.01. The molecule has 3 aromatic rings. The first-order chi connectivity index (χ1) is 21.2. The molecule has 2 aromatic carbocycles. The largest absolute Gasteiger partial charge is 0.495 e. The molecule has 1 aromatic heterocycles. The molecule has 11 nitrogen and oxygen atoms in total. The Balaban J connectivity index is 1.33. The number of methoxy groups -OCH3 is 2. The molecule has 0 radical (unpaired) electrons. The first-order valence-corrected chi connectivity index (χ1v) is 15.0. The number of piperazine rings is 1. The Morgan fingerprint density at radius 2 is 1.73 bits per heavy atom. The molecule has 0 bridgehead atoms. The highest BCUT2D eigenvalue weighted by atomic mass is 35.5. The summed E-state index contributed by atoms with van der Waals surface area (Å²) in [6.07, 6.45) is 5.47. The summed E-state index contributed by atoms with van der Waals surface area (Å²) >= 11 is 12.9. The molecule has 0 spiro atoms. The summed E-state index contributed by atoms with van der Waals surface area (Å²) in [5.41, 5.74) is 2.75. The zero-order chi connectivity index (χ0) is 31.4. The minimum atomic E-state index is -0.558. The van der Waals surface area contributed by atoms with Crippen molar-refractivity contribution in [1.82, 2.24) is 14.9 Å². The van der Waals surface area contributed by atoms with Gasteiger partial charge in [0.25, 0.3) is 0 Å². The van der Waals surface area contributed by atoms with E-state index in [1.54, 1.807) is 13.1 Å². The fourth-order valence-corrected chi connectivity index (χ4v) is 5.71. The third-order valence-corrected chi connectivity index (χ3v) is 8.54. The number of allylic oxidation sites excluding steroid dienone is 1. The summed E-state index contributed by atoms with van der Waals surface area (Å²) in [6, 6.07) is 9.41. The standard InChI is InChI=1S/C31H35Cl2N7O4/c1-5-22(41)15-19-14-21(40-12-10-39(11-13-40)20-6-7-20)8-9-23(19)36-26-17-27(35-18-34-26)38(2)31(42)37-30-28(32)24(43-3)16-25(44-4)29(30)33/h5,8-9,14,16-18,20H,1,6-7,10-13,15H2,2-4H3,(H,37,42)(H,34,35,36). The summed E-state index contributed by atoms with van der Waals surface area (Å²) in [6.45, 7) is 7.61. The number of carbonyl (C=O) groups is 2. The van der Waals surface area contributed by atoms with Crippen LogP contribution in [0.2, 0.25) is 10.0 Å². The summed E-state index contributed by atoms with van der Waals surface area (Å²) in [5.74, 6) is 1.23. The van der Waals surface area contributed by atoms with Gasteiger partial charge in [-0.25, -0.2) is 14.8 Å². The van der Waals surface area contributed by atoms with Crippen molar-refractivity contribution < 1.29 is 19.1 Å². The van der Waals surface area contributed by atoms with E-state index in [1.165, 1.54) is 50.4 Å². The van der Waals surface area contributed by atoms with Crippen LogP contribution in [-0.4, -0.2) is 80.2 Å². The number of ketones is 1. The molecule has 2 N–H and O–H groups in total. The van der Waals surface area contributed by atoms with Crippen LogP contribution in [0.25, 0.3) is 0 Å². The molecule has 1 aliphatic heterocycles. The Kier molecular flexibility index (Phi) is 9.77. The monoisotopic (exact) mass is 639 g/mol. The van der Waals surface area contributed by atoms with Crippen LogP contribution in [0.1, 0.15) is 18.4 Å². The lowest BCUT2D eigenvalue weighted by Crippen LogP contribution is -2.47. The van der Waals surface area contributed by atoms with Gasteiger partial charge in [0, 0.05) is 69.2 Å². The summed E-state index contributed by atoms with van der Waals surface area (Å²) < 4.78 is 10.6. The molecule has 5 rings (SSSR count). The molecular formula is C31H35Cl2N7O4. The number of halogens is 2. The second kappa shape index (κ2) is 13.7. The maximum absolute atomic E-state index is 13.2. The zero-order valence-electron chi connectivity index (χ0n) is 24.9. The number of carbonyl (C=O) groups excluding carboxylic acids is 2. The number of urea groups is 1. The zero-order valence-corrected chi connectivity index (χ0v) is 26.4. The van der Waals surface area contributed by atoms with E-state index in [4.69, 9.17) is 32.7 Å². The number of hydrogen-bond donors (Lipinski definition) is 2. The van der Waals surface area contributed by atoms with Crippen molar-refractivity contribution in [2.45, 2.75) is 25.3 Å². The van der Waals surface area contributed by atoms with Gasteiger partial charge in [0.2, 0.25) is 0 Å². The summed E-state index contributed by atoms with van der Waals surface area (Å²) in [5, 5.41) is 6.26. The van der Waals surface area contributed by atoms with Crippen LogP contribution in [0, 0.1) is 0 Å². The van der Waals surface area contributed by atoms with Crippen LogP contribution < -0.4 is 29.9 Å². The van der Waals surface area contributed by atoms with Crippen LogP contribution in [0.4, 0.5) is 33.5 Å². The van der Waals surface area contributed by atoms with E-state index < -0.39 is 6.03 Å². The van der Waals surface area contributed by atoms with Crippen molar-refractivity contribution in [3.8, 4) is 11.5 Å². The summed E-state index contributed by atoms with van der Waals surface area (Å²) in [7, 11) is 4.44. The number of rotatable bonds is 11. The first kappa shape index (κ1) is 31.4. The Morgan fingerprint density at radius 1 is 1.05 bits per heavy atom. The predicted molar refractivity (Wildman–Crippen MR) is 174 cm³/mol. The highest BCUT2D eigenvalue weighted by molar-refractivity contribution is 6.41. The van der Waals surface area contributed by atoms with Gasteiger partial charge in [-0.15, -0.1) is 0 Å². The molecule has 13 heteroatoms. The average molecular weight is 641 g/mol. The molecule has 2 amide bonds. The number of aromatic nitrogens is 2. The predicted octanol–water partition coefficient (Wildman–Crippen LogP) is 5.79. The molecule has 2 aliphatic rings. The molecule has 2 heterocycles. The molecule has 1 saturated heterocycles. The van der Waals surface area contributed by atoms with Gasteiger partial charge in [-0.3, -0.25) is 14.6 Å². The number of ether oxygens (including phenoxy) is 2. The lowest BCUT2D eigenvalue weighted by Gasteiger charge is -2.36. The van der Waals surface area contributed by atoms with Gasteiger partial charge in [0.15, 0.2) is 5.78 Å². The van der Waals surface area contributed by atoms with E-state index in [2.05, 4.69) is 43.0 Å². The van der Waals surface area contributed by atoms with E-state index in [-0.39, 0.29) is 39.4 Å². The number of nitrogens with one attached hydrogen (secondary N) is 2. The molecule has 2 fully saturated rings. The van der Waals surface area contributed by atoms with Gasteiger partial charge >= 0.3 is 6.03 Å². The average Bonchev–Trinajstić information content (AvgIpc) is 3.89. The van der Waals surface area contributed by atoms with Crippen molar-refractivity contribution in [1.29, 1.82) is 0 Å². The van der Waals surface area contributed by atoms with E-state index in [9.17, 15) is 9.59 Å². The smallest absolute Gasteiger partial charge is 0.327 e. The number of anilines is 5. The maximum atomic E-state index is 13.2. The lowest BCUT2D eigenvalue weighted by molar-refractivity contribution is -0.114. The van der Waals surface area contributed by atoms with Crippen LogP contribution in [-0.2, 0) is 11.2 Å².